The molecule has 0 aromatic heterocycles. The first-order valence-electron chi connectivity index (χ1n) is 24.4. The van der Waals surface area contributed by atoms with Gasteiger partial charge in [0.25, 0.3) is 0 Å². The first kappa shape index (κ1) is 69.1. The molecule has 0 saturated heterocycles. The van der Waals surface area contributed by atoms with E-state index in [-0.39, 0.29) is 65.2 Å². The van der Waals surface area contributed by atoms with Gasteiger partial charge in [-0.3, -0.25) is 0 Å². The summed E-state index contributed by atoms with van der Waals surface area (Å²) in [5, 5.41) is 0. The minimum atomic E-state index is 0. The van der Waals surface area contributed by atoms with E-state index < -0.39 is 0 Å². The van der Waals surface area contributed by atoms with Crippen molar-refractivity contribution in [1.29, 1.82) is 0 Å². The molecule has 0 rings (SSSR count). The normalized spacial score (nSPS) is 10.3. The Balaban J connectivity index is -0.000000156. The van der Waals surface area contributed by atoms with Crippen LogP contribution in [-0.4, -0.2) is 37.0 Å². The molecule has 0 N–H and O–H groups in total. The first-order valence-corrected chi connectivity index (χ1v) is 28.6. The molecule has 324 valence electrons. The molecule has 0 amide bonds. The summed E-state index contributed by atoms with van der Waals surface area (Å²) in [4.78, 5) is 0. The number of hydrogen-bond donors (Lipinski definition) is 0. The molecule has 0 radical (unpaired) electrons. The van der Waals surface area contributed by atoms with Gasteiger partial charge < -0.3 is 0 Å². The molecule has 0 unspecified atom stereocenters. The molecule has 0 aromatic carbocycles. The average molecular weight is 919 g/mol. The van der Waals surface area contributed by atoms with Gasteiger partial charge in [-0.15, -0.1) is 25.7 Å². The zero-order valence-electron chi connectivity index (χ0n) is 38.7. The Morgan fingerprint density at radius 3 is 0.407 bits per heavy atom. The molecule has 0 aliphatic heterocycles. The van der Waals surface area contributed by atoms with Crippen LogP contribution >= 0.6 is 25.7 Å². The zero-order chi connectivity index (χ0) is 37.8. The molecule has 54 heavy (non-hydrogen) atoms. The van der Waals surface area contributed by atoms with Crippen molar-refractivity contribution in [2.24, 2.45) is 0 Å². The van der Waals surface area contributed by atoms with E-state index in [1.165, 1.54) is 294 Å². The van der Waals surface area contributed by atoms with Crippen LogP contribution in [0, 0.1) is 0 Å². The van der Waals surface area contributed by atoms with E-state index in [1.54, 1.807) is 0 Å². The van der Waals surface area contributed by atoms with Gasteiger partial charge in [0.15, 0.2) is 0 Å². The molecule has 0 aliphatic carbocycles. The number of hydrogen-bond acceptors (Lipinski definition) is 0. The van der Waals surface area contributed by atoms with Crippen molar-refractivity contribution < 1.29 is 65.2 Å². The van der Waals surface area contributed by atoms with Crippen LogP contribution in [0.3, 0.4) is 0 Å². The summed E-state index contributed by atoms with van der Waals surface area (Å²) in [6, 6.07) is 0. The molecule has 0 aromatic rings. The van der Waals surface area contributed by atoms with Crippen LogP contribution in [0.5, 0.6) is 0 Å². The number of rotatable bonds is 42. The van der Waals surface area contributed by atoms with Crippen molar-refractivity contribution in [3.05, 3.63) is 0 Å². The van der Waals surface area contributed by atoms with E-state index in [2.05, 4.69) is 41.5 Å². The van der Waals surface area contributed by atoms with Crippen LogP contribution in [-0.2, 0) is 65.2 Å². The molecule has 0 bridgehead atoms. The van der Waals surface area contributed by atoms with Crippen molar-refractivity contribution in [2.45, 2.75) is 273 Å². The molecular weight excluding hydrogens is 813 g/mol. The van der Waals surface area contributed by atoms with E-state index in [9.17, 15) is 0 Å². The van der Waals surface area contributed by atoms with Crippen molar-refractivity contribution in [2.75, 3.05) is 37.0 Å². The maximum Gasteiger partial charge on any atom is 0 e. The van der Waals surface area contributed by atoms with Crippen molar-refractivity contribution in [1.82, 2.24) is 0 Å². The SMILES string of the molecule is CCCCCCCCPCCCCCCCC.CCCCCCCCPCCCCCCCC.CCCCCCCCPCCCCCCCC.[Ti].[Ti].[Ti]. The summed E-state index contributed by atoms with van der Waals surface area (Å²) < 4.78 is 0. The van der Waals surface area contributed by atoms with Gasteiger partial charge in [0.05, 0.1) is 0 Å². The topological polar surface area (TPSA) is 0 Å². The Labute approximate surface area is 397 Å². The van der Waals surface area contributed by atoms with Crippen LogP contribution in [0.1, 0.15) is 273 Å². The van der Waals surface area contributed by atoms with Gasteiger partial charge in [-0.1, -0.05) is 234 Å². The van der Waals surface area contributed by atoms with Gasteiger partial charge in [-0.2, -0.15) is 0 Å². The van der Waals surface area contributed by atoms with Gasteiger partial charge >= 0.3 is 0 Å². The van der Waals surface area contributed by atoms with E-state index in [0.29, 0.717) is 0 Å². The summed E-state index contributed by atoms with van der Waals surface area (Å²) in [7, 11) is 3.77. The summed E-state index contributed by atoms with van der Waals surface area (Å²) in [6.07, 6.45) is 61.6. The minimum Gasteiger partial charge on any atom is -0.122 e. The predicted octanol–water partition coefficient (Wildman–Crippen LogP) is 19.2. The number of unbranched alkanes of at least 4 members (excludes halogenated alkanes) is 30. The third-order valence-corrected chi connectivity index (χ3v) is 14.5. The van der Waals surface area contributed by atoms with Crippen LogP contribution < -0.4 is 0 Å². The molecule has 0 heterocycles. The molecule has 0 atom stereocenters. The largest absolute Gasteiger partial charge is 0.122 e. The Kier molecular flexibility index (Phi) is 94.7. The Morgan fingerprint density at radius 2 is 0.278 bits per heavy atom. The Hall–Kier alpha value is 3.43. The molecule has 0 spiro atoms. The smallest absolute Gasteiger partial charge is 0 e. The van der Waals surface area contributed by atoms with Gasteiger partial charge in [-0.25, -0.2) is 0 Å². The van der Waals surface area contributed by atoms with Gasteiger partial charge in [-0.05, 0) is 75.5 Å². The van der Waals surface area contributed by atoms with E-state index in [4.69, 9.17) is 0 Å². The van der Waals surface area contributed by atoms with Gasteiger partial charge in [0, 0.05) is 65.2 Å². The van der Waals surface area contributed by atoms with Crippen LogP contribution in [0.25, 0.3) is 0 Å². The van der Waals surface area contributed by atoms with Gasteiger partial charge in [0.2, 0.25) is 0 Å². The fraction of sp³-hybridized carbons (Fsp3) is 1.00. The summed E-state index contributed by atoms with van der Waals surface area (Å²) in [5.74, 6) is 0. The maximum absolute atomic E-state index is 2.29. The quantitative estimate of drug-likeness (QED) is 0.0325. The third-order valence-electron chi connectivity index (χ3n) is 10.2. The van der Waals surface area contributed by atoms with Crippen LogP contribution in [0.15, 0.2) is 0 Å². The second-order valence-corrected chi connectivity index (χ2v) is 20.4. The Morgan fingerprint density at radius 1 is 0.167 bits per heavy atom. The summed E-state index contributed by atoms with van der Waals surface area (Å²) >= 11 is 0. The van der Waals surface area contributed by atoms with Crippen LogP contribution in [0.2, 0.25) is 0 Å². The summed E-state index contributed by atoms with van der Waals surface area (Å²) in [5.41, 5.74) is 0. The predicted molar refractivity (Wildman–Crippen MR) is 254 cm³/mol. The average Bonchev–Trinajstić information content (AvgIpc) is 3.15. The van der Waals surface area contributed by atoms with E-state index in [0.717, 1.165) is 0 Å². The maximum atomic E-state index is 2.29. The van der Waals surface area contributed by atoms with Gasteiger partial charge in [0.1, 0.15) is 0 Å². The molecule has 0 fully saturated rings. The first-order chi connectivity index (χ1) is 25.2. The minimum absolute atomic E-state index is 0. The van der Waals surface area contributed by atoms with Crippen molar-refractivity contribution >= 4 is 25.7 Å². The standard InChI is InChI=1S/3C16H35P.3Ti/c3*1-3-5-7-9-11-13-15-17-16-14-12-10-8-6-4-2;;;/h3*17H,3-16H2,1-2H3;;;. The fourth-order valence-electron chi connectivity index (χ4n) is 6.56. The second kappa shape index (κ2) is 73.9. The third kappa shape index (κ3) is 79.6. The van der Waals surface area contributed by atoms with Crippen molar-refractivity contribution in [3.63, 3.8) is 0 Å². The van der Waals surface area contributed by atoms with Crippen LogP contribution in [0.4, 0.5) is 0 Å². The molecular formula is C48H105P3Ti3. The van der Waals surface area contributed by atoms with E-state index >= 15 is 0 Å². The fourth-order valence-corrected chi connectivity index (χ4v) is 10.3. The summed E-state index contributed by atoms with van der Waals surface area (Å²) in [6.45, 7) is 13.8. The molecule has 6 heteroatoms. The molecule has 0 aliphatic rings. The van der Waals surface area contributed by atoms with Crippen molar-refractivity contribution in [3.8, 4) is 0 Å². The van der Waals surface area contributed by atoms with E-state index in [1.807, 2.05) is 0 Å². The monoisotopic (exact) mass is 919 g/mol. The Bertz CT molecular complexity index is 414. The molecule has 0 saturated carbocycles. The second-order valence-electron chi connectivity index (χ2n) is 15.9. The molecule has 0 nitrogen and oxygen atoms in total. The zero-order valence-corrected chi connectivity index (χ0v) is 46.4.